The minimum atomic E-state index is -0.311. The first-order chi connectivity index (χ1) is 12.9. The van der Waals surface area contributed by atoms with Crippen LogP contribution in [0.3, 0.4) is 0 Å². The molecule has 1 aromatic heterocycles. The van der Waals surface area contributed by atoms with Crippen LogP contribution in [0.1, 0.15) is 10.4 Å². The summed E-state index contributed by atoms with van der Waals surface area (Å²) in [5.74, 6) is -0.311. The summed E-state index contributed by atoms with van der Waals surface area (Å²) >= 11 is 7.05. The lowest BCUT2D eigenvalue weighted by Crippen LogP contribution is -2.17. The number of halogens is 1. The van der Waals surface area contributed by atoms with Gasteiger partial charge in [0, 0.05) is 30.2 Å². The average molecular weight is 401 g/mol. The summed E-state index contributed by atoms with van der Waals surface area (Å²) in [6.07, 6.45) is 3.11. The number of para-hydroxylation sites is 1. The number of hydrogen-bond acceptors (Lipinski definition) is 4. The second kappa shape index (κ2) is 8.28. The molecule has 3 rings (SSSR count). The van der Waals surface area contributed by atoms with Crippen LogP contribution in [0.5, 0.6) is 0 Å². The maximum absolute atomic E-state index is 12.6. The van der Waals surface area contributed by atoms with Crippen molar-refractivity contribution in [1.82, 2.24) is 14.7 Å². The van der Waals surface area contributed by atoms with Crippen molar-refractivity contribution in [2.75, 3.05) is 19.4 Å². The smallest absolute Gasteiger partial charge is 0.286 e. The topological polar surface area (TPSA) is 67.2 Å². The number of rotatable bonds is 4. The van der Waals surface area contributed by atoms with Gasteiger partial charge in [-0.2, -0.15) is 5.10 Å². The van der Waals surface area contributed by atoms with Crippen LogP contribution in [-0.4, -0.2) is 39.9 Å². The molecule has 0 saturated carbocycles. The molecule has 6 nitrogen and oxygen atoms in total. The molecule has 0 atom stereocenters. The Morgan fingerprint density at radius 1 is 1.15 bits per heavy atom. The molecule has 0 spiro atoms. The summed E-state index contributed by atoms with van der Waals surface area (Å²) in [6.45, 7) is 0. The zero-order valence-corrected chi connectivity index (χ0v) is 16.3. The highest BCUT2D eigenvalue weighted by Gasteiger charge is 2.15. The van der Waals surface area contributed by atoms with E-state index in [1.165, 1.54) is 11.1 Å². The van der Waals surface area contributed by atoms with Crippen molar-refractivity contribution >= 4 is 40.2 Å². The third-order valence-electron chi connectivity index (χ3n) is 3.62. The van der Waals surface area contributed by atoms with Crippen LogP contribution in [0.2, 0.25) is 5.02 Å². The number of nitrogens with zero attached hydrogens (tertiary/aromatic N) is 3. The Hall–Kier alpha value is -2.77. The minimum Gasteiger partial charge on any atom is -0.339 e. The highest BCUT2D eigenvalue weighted by Crippen LogP contribution is 2.29. The normalized spacial score (nSPS) is 10.5. The van der Waals surface area contributed by atoms with Gasteiger partial charge >= 0.3 is 0 Å². The summed E-state index contributed by atoms with van der Waals surface area (Å²) in [5, 5.41) is 7.52. The van der Waals surface area contributed by atoms with E-state index in [-0.39, 0.29) is 11.1 Å². The van der Waals surface area contributed by atoms with Crippen LogP contribution in [0, 0.1) is 0 Å². The molecule has 2 amide bonds. The molecule has 2 aromatic carbocycles. The Morgan fingerprint density at radius 2 is 1.93 bits per heavy atom. The van der Waals surface area contributed by atoms with Gasteiger partial charge in [0.2, 0.25) is 0 Å². The summed E-state index contributed by atoms with van der Waals surface area (Å²) in [7, 11) is 3.36. The van der Waals surface area contributed by atoms with Gasteiger partial charge in [-0.1, -0.05) is 29.8 Å². The van der Waals surface area contributed by atoms with E-state index in [0.29, 0.717) is 21.2 Å². The quantitative estimate of drug-likeness (QED) is 0.652. The number of carbonyl (C=O) groups is 2. The Balaban J connectivity index is 1.78. The number of benzene rings is 2. The highest BCUT2D eigenvalue weighted by atomic mass is 35.5. The maximum Gasteiger partial charge on any atom is 0.286 e. The molecule has 0 bridgehead atoms. The summed E-state index contributed by atoms with van der Waals surface area (Å²) in [5.41, 5.74) is 1.72. The van der Waals surface area contributed by atoms with Crippen molar-refractivity contribution < 1.29 is 9.59 Å². The lowest BCUT2D eigenvalue weighted by Gasteiger charge is -2.12. The average Bonchev–Trinajstić information content (AvgIpc) is 3.13. The molecule has 0 fully saturated rings. The van der Waals surface area contributed by atoms with Crippen molar-refractivity contribution in [1.29, 1.82) is 0 Å². The number of nitrogens with one attached hydrogen (secondary N) is 1. The van der Waals surface area contributed by atoms with Crippen LogP contribution in [-0.2, 0) is 0 Å². The van der Waals surface area contributed by atoms with E-state index < -0.39 is 0 Å². The number of aromatic nitrogens is 2. The van der Waals surface area contributed by atoms with Crippen LogP contribution in [0.25, 0.3) is 5.69 Å². The van der Waals surface area contributed by atoms with Gasteiger partial charge in [0.1, 0.15) is 0 Å². The van der Waals surface area contributed by atoms with Crippen molar-refractivity contribution in [2.24, 2.45) is 0 Å². The monoisotopic (exact) mass is 400 g/mol. The molecule has 0 saturated heterocycles. The van der Waals surface area contributed by atoms with Gasteiger partial charge in [0.25, 0.3) is 11.1 Å². The van der Waals surface area contributed by atoms with Gasteiger partial charge in [0.05, 0.1) is 23.1 Å². The first-order valence-electron chi connectivity index (χ1n) is 8.04. The van der Waals surface area contributed by atoms with Crippen LogP contribution in [0.4, 0.5) is 10.5 Å². The summed E-state index contributed by atoms with van der Waals surface area (Å²) in [6, 6.07) is 14.4. The number of amides is 2. The molecular weight excluding hydrogens is 384 g/mol. The van der Waals surface area contributed by atoms with Crippen molar-refractivity contribution in [3.63, 3.8) is 0 Å². The lowest BCUT2D eigenvalue weighted by molar-refractivity contribution is 0.102. The zero-order valence-electron chi connectivity index (χ0n) is 14.7. The maximum atomic E-state index is 12.6. The van der Waals surface area contributed by atoms with E-state index in [4.69, 9.17) is 11.6 Å². The van der Waals surface area contributed by atoms with Gasteiger partial charge < -0.3 is 10.2 Å². The molecule has 1 heterocycles. The highest BCUT2D eigenvalue weighted by molar-refractivity contribution is 8.13. The fraction of sp³-hybridized carbons (Fsp3) is 0.105. The van der Waals surface area contributed by atoms with Gasteiger partial charge in [-0.15, -0.1) is 0 Å². The van der Waals surface area contributed by atoms with Gasteiger partial charge in [-0.05, 0) is 42.1 Å². The predicted molar refractivity (Wildman–Crippen MR) is 108 cm³/mol. The van der Waals surface area contributed by atoms with E-state index in [1.54, 1.807) is 55.3 Å². The molecule has 138 valence electrons. The second-order valence-electron chi connectivity index (χ2n) is 5.87. The second-order valence-corrected chi connectivity index (χ2v) is 7.30. The number of anilines is 1. The Labute approximate surface area is 166 Å². The molecule has 8 heteroatoms. The molecule has 0 unspecified atom stereocenters. The zero-order chi connectivity index (χ0) is 19.4. The van der Waals surface area contributed by atoms with Gasteiger partial charge in [-0.25, -0.2) is 4.68 Å². The third kappa shape index (κ3) is 4.69. The molecule has 0 aliphatic carbocycles. The SMILES string of the molecule is CN(C)C(=O)Sc1ccccc1NC(=O)c1cnn(-c2cccc(Cl)c2)c1. The van der Waals surface area contributed by atoms with Gasteiger partial charge in [0.15, 0.2) is 0 Å². The standard InChI is InChI=1S/C19H17ClN4O2S/c1-23(2)19(26)27-17-9-4-3-8-16(17)22-18(25)13-11-21-24(12-13)15-7-5-6-14(20)10-15/h3-12H,1-2H3,(H,22,25). The van der Waals surface area contributed by atoms with E-state index in [2.05, 4.69) is 10.4 Å². The molecule has 27 heavy (non-hydrogen) atoms. The summed E-state index contributed by atoms with van der Waals surface area (Å²) < 4.78 is 1.58. The molecule has 0 aliphatic rings. The largest absolute Gasteiger partial charge is 0.339 e. The first kappa shape index (κ1) is 19.0. The predicted octanol–water partition coefficient (Wildman–Crippen LogP) is 4.55. The van der Waals surface area contributed by atoms with Crippen LogP contribution < -0.4 is 5.32 Å². The van der Waals surface area contributed by atoms with E-state index >= 15 is 0 Å². The lowest BCUT2D eigenvalue weighted by atomic mass is 10.3. The van der Waals surface area contributed by atoms with E-state index in [1.807, 2.05) is 18.2 Å². The fourth-order valence-corrected chi connectivity index (χ4v) is 3.17. The Bertz CT molecular complexity index is 987. The number of hydrogen-bond donors (Lipinski definition) is 1. The van der Waals surface area contributed by atoms with Crippen LogP contribution >= 0.6 is 23.4 Å². The molecule has 3 aromatic rings. The van der Waals surface area contributed by atoms with E-state index in [9.17, 15) is 9.59 Å². The molecule has 0 aliphatic heterocycles. The summed E-state index contributed by atoms with van der Waals surface area (Å²) in [4.78, 5) is 26.7. The molecular formula is C19H17ClN4O2S. The number of carbonyl (C=O) groups excluding carboxylic acids is 2. The third-order valence-corrected chi connectivity index (χ3v) is 4.97. The van der Waals surface area contributed by atoms with Crippen LogP contribution in [0.15, 0.2) is 65.8 Å². The number of thioether (sulfide) groups is 1. The van der Waals surface area contributed by atoms with Crippen molar-refractivity contribution in [3.05, 3.63) is 71.5 Å². The van der Waals surface area contributed by atoms with Crippen molar-refractivity contribution in [3.8, 4) is 5.69 Å². The van der Waals surface area contributed by atoms with E-state index in [0.717, 1.165) is 17.4 Å². The van der Waals surface area contributed by atoms with Gasteiger partial charge in [-0.3, -0.25) is 9.59 Å². The molecule has 0 radical (unpaired) electrons. The fourth-order valence-electron chi connectivity index (χ4n) is 2.24. The molecule has 1 N–H and O–H groups in total. The first-order valence-corrected chi connectivity index (χ1v) is 9.23. The minimum absolute atomic E-state index is 0.120. The Morgan fingerprint density at radius 3 is 2.67 bits per heavy atom. The Kier molecular flexibility index (Phi) is 5.83. The van der Waals surface area contributed by atoms with Crippen molar-refractivity contribution in [2.45, 2.75) is 4.90 Å².